The number of hydrogen-bond donors (Lipinski definition) is 1. The Morgan fingerprint density at radius 3 is 2.50 bits per heavy atom. The molecule has 0 aliphatic heterocycles. The van der Waals surface area contributed by atoms with E-state index < -0.39 is 0 Å². The highest BCUT2D eigenvalue weighted by molar-refractivity contribution is 7.99. The van der Waals surface area contributed by atoms with Crippen LogP contribution in [0.1, 0.15) is 32.6 Å². The molecule has 1 saturated carbocycles. The number of aliphatic hydroxyl groups is 1. The molecule has 16 heavy (non-hydrogen) atoms. The molecule has 1 aliphatic rings. The van der Waals surface area contributed by atoms with Gasteiger partial charge < -0.3 is 5.11 Å². The predicted molar refractivity (Wildman–Crippen MR) is 69.7 cm³/mol. The summed E-state index contributed by atoms with van der Waals surface area (Å²) in [6, 6.07) is 10.4. The standard InChI is InChI=1S/C14H20OS/c1-12(14(15)9-5-6-10-14)11-16-13-7-3-2-4-8-13/h2-4,7-8,12,15H,5-6,9-11H2,1H3. The zero-order valence-electron chi connectivity index (χ0n) is 9.86. The maximum atomic E-state index is 10.4. The van der Waals surface area contributed by atoms with Crippen molar-refractivity contribution >= 4 is 11.8 Å². The lowest BCUT2D eigenvalue weighted by Gasteiger charge is -2.29. The molecule has 88 valence electrons. The van der Waals surface area contributed by atoms with Crippen molar-refractivity contribution in [3.8, 4) is 0 Å². The molecule has 0 saturated heterocycles. The Morgan fingerprint density at radius 2 is 1.88 bits per heavy atom. The van der Waals surface area contributed by atoms with Gasteiger partial charge in [-0.25, -0.2) is 0 Å². The quantitative estimate of drug-likeness (QED) is 0.804. The summed E-state index contributed by atoms with van der Waals surface area (Å²) in [7, 11) is 0. The van der Waals surface area contributed by atoms with Gasteiger partial charge in [-0.2, -0.15) is 0 Å². The smallest absolute Gasteiger partial charge is 0.0681 e. The van der Waals surface area contributed by atoms with Crippen LogP contribution in [0.4, 0.5) is 0 Å². The fraction of sp³-hybridized carbons (Fsp3) is 0.571. The average Bonchev–Trinajstić information content (AvgIpc) is 2.76. The van der Waals surface area contributed by atoms with Crippen LogP contribution in [0.25, 0.3) is 0 Å². The van der Waals surface area contributed by atoms with Crippen molar-refractivity contribution in [2.45, 2.75) is 43.1 Å². The van der Waals surface area contributed by atoms with E-state index in [1.54, 1.807) is 0 Å². The Kier molecular flexibility index (Phi) is 3.93. The molecule has 0 radical (unpaired) electrons. The van der Waals surface area contributed by atoms with Crippen LogP contribution in [-0.4, -0.2) is 16.5 Å². The lowest BCUT2D eigenvalue weighted by Crippen LogP contribution is -2.34. The maximum absolute atomic E-state index is 10.4. The van der Waals surface area contributed by atoms with Crippen LogP contribution in [-0.2, 0) is 0 Å². The van der Waals surface area contributed by atoms with Gasteiger partial charge in [-0.05, 0) is 30.9 Å². The molecule has 1 unspecified atom stereocenters. The Morgan fingerprint density at radius 1 is 1.25 bits per heavy atom. The van der Waals surface area contributed by atoms with E-state index in [4.69, 9.17) is 0 Å². The number of benzene rings is 1. The van der Waals surface area contributed by atoms with Crippen LogP contribution in [0.5, 0.6) is 0 Å². The largest absolute Gasteiger partial charge is 0.390 e. The van der Waals surface area contributed by atoms with Gasteiger partial charge in [0.1, 0.15) is 0 Å². The summed E-state index contributed by atoms with van der Waals surface area (Å²) in [5.74, 6) is 1.40. The molecule has 0 bridgehead atoms. The van der Waals surface area contributed by atoms with Crippen molar-refractivity contribution in [2.24, 2.45) is 5.92 Å². The van der Waals surface area contributed by atoms with Crippen molar-refractivity contribution in [1.29, 1.82) is 0 Å². The Hall–Kier alpha value is -0.470. The molecular weight excluding hydrogens is 216 g/mol. The average molecular weight is 236 g/mol. The third kappa shape index (κ3) is 2.80. The van der Waals surface area contributed by atoms with Crippen LogP contribution >= 0.6 is 11.8 Å². The van der Waals surface area contributed by atoms with Gasteiger partial charge in [-0.1, -0.05) is 38.0 Å². The Labute approximate surface area is 102 Å². The minimum Gasteiger partial charge on any atom is -0.390 e. The van der Waals surface area contributed by atoms with Crippen molar-refractivity contribution in [2.75, 3.05) is 5.75 Å². The maximum Gasteiger partial charge on any atom is 0.0681 e. The molecule has 0 aromatic heterocycles. The first-order valence-corrected chi connectivity index (χ1v) is 7.09. The molecule has 1 aliphatic carbocycles. The minimum atomic E-state index is -0.387. The molecule has 1 aromatic carbocycles. The topological polar surface area (TPSA) is 20.2 Å². The van der Waals surface area contributed by atoms with E-state index in [-0.39, 0.29) is 5.60 Å². The SMILES string of the molecule is CC(CSc1ccccc1)C1(O)CCCC1. The zero-order valence-corrected chi connectivity index (χ0v) is 10.7. The first kappa shape index (κ1) is 12.0. The molecule has 1 N–H and O–H groups in total. The van der Waals surface area contributed by atoms with Gasteiger partial charge >= 0.3 is 0 Å². The van der Waals surface area contributed by atoms with Gasteiger partial charge in [0.25, 0.3) is 0 Å². The molecule has 1 fully saturated rings. The fourth-order valence-corrected chi connectivity index (χ4v) is 3.48. The van der Waals surface area contributed by atoms with Crippen molar-refractivity contribution < 1.29 is 5.11 Å². The van der Waals surface area contributed by atoms with Gasteiger partial charge in [0.2, 0.25) is 0 Å². The monoisotopic (exact) mass is 236 g/mol. The highest BCUT2D eigenvalue weighted by Gasteiger charge is 2.36. The summed E-state index contributed by atoms with van der Waals surface area (Å²) in [6.45, 7) is 2.18. The van der Waals surface area contributed by atoms with Crippen molar-refractivity contribution in [3.63, 3.8) is 0 Å². The third-order valence-electron chi connectivity index (χ3n) is 3.63. The summed E-state index contributed by atoms with van der Waals surface area (Å²) < 4.78 is 0. The first-order valence-electron chi connectivity index (χ1n) is 6.11. The van der Waals surface area contributed by atoms with Crippen molar-refractivity contribution in [3.05, 3.63) is 30.3 Å². The minimum absolute atomic E-state index is 0.387. The second kappa shape index (κ2) is 5.24. The van der Waals surface area contributed by atoms with E-state index in [1.165, 1.54) is 17.7 Å². The van der Waals surface area contributed by atoms with Crippen LogP contribution < -0.4 is 0 Å². The molecule has 1 nitrogen and oxygen atoms in total. The predicted octanol–water partition coefficient (Wildman–Crippen LogP) is 3.72. The van der Waals surface area contributed by atoms with Gasteiger partial charge in [-0.15, -0.1) is 11.8 Å². The molecule has 0 spiro atoms. The lowest BCUT2D eigenvalue weighted by atomic mass is 9.89. The van der Waals surface area contributed by atoms with Crippen LogP contribution in [0.15, 0.2) is 35.2 Å². The second-order valence-electron chi connectivity index (χ2n) is 4.84. The summed E-state index contributed by atoms with van der Waals surface area (Å²) in [5.41, 5.74) is -0.387. The lowest BCUT2D eigenvalue weighted by molar-refractivity contribution is 0.00391. The van der Waals surface area contributed by atoms with E-state index in [1.807, 2.05) is 17.8 Å². The normalized spacial score (nSPS) is 20.9. The van der Waals surface area contributed by atoms with Crippen LogP contribution in [0.2, 0.25) is 0 Å². The molecule has 0 amide bonds. The highest BCUT2D eigenvalue weighted by atomic mass is 32.2. The molecule has 2 rings (SSSR count). The summed E-state index contributed by atoms with van der Waals surface area (Å²) in [4.78, 5) is 1.30. The van der Waals surface area contributed by atoms with E-state index >= 15 is 0 Å². The molecule has 2 heteroatoms. The van der Waals surface area contributed by atoms with E-state index in [0.717, 1.165) is 18.6 Å². The number of hydrogen-bond acceptors (Lipinski definition) is 2. The van der Waals surface area contributed by atoms with Gasteiger partial charge in [0.15, 0.2) is 0 Å². The number of thioether (sulfide) groups is 1. The summed E-state index contributed by atoms with van der Waals surface area (Å²) in [5, 5.41) is 10.4. The van der Waals surface area contributed by atoms with Crippen LogP contribution in [0, 0.1) is 5.92 Å². The summed E-state index contributed by atoms with van der Waals surface area (Å²) in [6.07, 6.45) is 4.36. The third-order valence-corrected chi connectivity index (χ3v) is 4.90. The van der Waals surface area contributed by atoms with Gasteiger partial charge in [0, 0.05) is 10.6 Å². The van der Waals surface area contributed by atoms with E-state index in [0.29, 0.717) is 5.92 Å². The van der Waals surface area contributed by atoms with E-state index in [9.17, 15) is 5.11 Å². The van der Waals surface area contributed by atoms with Gasteiger partial charge in [0.05, 0.1) is 5.60 Å². The van der Waals surface area contributed by atoms with Gasteiger partial charge in [-0.3, -0.25) is 0 Å². The number of rotatable bonds is 4. The summed E-state index contributed by atoms with van der Waals surface area (Å²) >= 11 is 1.85. The Balaban J connectivity index is 1.86. The first-order chi connectivity index (χ1) is 7.71. The molecular formula is C14H20OS. The van der Waals surface area contributed by atoms with Crippen LogP contribution in [0.3, 0.4) is 0 Å². The Bertz CT molecular complexity index is 317. The molecule has 0 heterocycles. The van der Waals surface area contributed by atoms with E-state index in [2.05, 4.69) is 31.2 Å². The molecule has 1 aromatic rings. The molecule has 1 atom stereocenters. The zero-order chi connectivity index (χ0) is 11.4. The highest BCUT2D eigenvalue weighted by Crippen LogP contribution is 2.38. The fourth-order valence-electron chi connectivity index (χ4n) is 2.37. The second-order valence-corrected chi connectivity index (χ2v) is 5.93. The van der Waals surface area contributed by atoms with Crippen molar-refractivity contribution in [1.82, 2.24) is 0 Å².